The van der Waals surface area contributed by atoms with Crippen molar-refractivity contribution in [2.24, 2.45) is 10.4 Å². The Hall–Kier alpha value is -0.300. The quantitative estimate of drug-likeness (QED) is 0.225. The Balaban J connectivity index is 0. The molecule has 0 aromatic carbocycles. The number of nitrogens with one attached hydrogen (secondary N) is 1. The normalized spacial score (nSPS) is 12.1. The minimum Gasteiger partial charge on any atom is -0.356 e. The average molecular weight is 396 g/mol. The summed E-state index contributed by atoms with van der Waals surface area (Å²) in [4.78, 5) is 8.74. The van der Waals surface area contributed by atoms with E-state index in [-0.39, 0.29) is 29.4 Å². The van der Waals surface area contributed by atoms with Gasteiger partial charge in [-0.05, 0) is 32.4 Å². The molecule has 0 aliphatic rings. The minimum atomic E-state index is 0. The summed E-state index contributed by atoms with van der Waals surface area (Å²) in [5, 5.41) is 3.47. The first-order valence-corrected chi connectivity index (χ1v) is 7.00. The van der Waals surface area contributed by atoms with Gasteiger partial charge >= 0.3 is 0 Å². The van der Waals surface area contributed by atoms with Gasteiger partial charge in [-0.3, -0.25) is 4.99 Å². The van der Waals surface area contributed by atoms with Crippen LogP contribution >= 0.6 is 24.0 Å². The molecular formula is C15H33IN4. The van der Waals surface area contributed by atoms with Crippen LogP contribution < -0.4 is 5.32 Å². The second kappa shape index (κ2) is 11.4. The van der Waals surface area contributed by atoms with Crippen LogP contribution in [0.5, 0.6) is 0 Å². The van der Waals surface area contributed by atoms with Gasteiger partial charge < -0.3 is 15.1 Å². The van der Waals surface area contributed by atoms with Gasteiger partial charge in [-0.2, -0.15) is 0 Å². The SMILES string of the molecule is C=CCCCN(C)C(=NC)NCC(C)(C)CN(C)C.I. The molecule has 0 fully saturated rings. The number of unbranched alkanes of at least 4 members (excludes halogenated alkanes) is 1. The number of rotatable bonds is 8. The summed E-state index contributed by atoms with van der Waals surface area (Å²) in [6, 6.07) is 0. The molecule has 120 valence electrons. The van der Waals surface area contributed by atoms with Crippen LogP contribution in [0.25, 0.3) is 0 Å². The Kier molecular flexibility index (Phi) is 12.5. The average Bonchev–Trinajstić information content (AvgIpc) is 2.28. The van der Waals surface area contributed by atoms with Gasteiger partial charge in [-0.1, -0.05) is 19.9 Å². The van der Waals surface area contributed by atoms with Gasteiger partial charge in [-0.15, -0.1) is 30.6 Å². The Morgan fingerprint density at radius 3 is 2.35 bits per heavy atom. The first-order chi connectivity index (χ1) is 8.82. The van der Waals surface area contributed by atoms with E-state index in [2.05, 4.69) is 61.7 Å². The number of hydrogen-bond donors (Lipinski definition) is 1. The largest absolute Gasteiger partial charge is 0.356 e. The molecule has 0 heterocycles. The zero-order chi connectivity index (χ0) is 14.9. The van der Waals surface area contributed by atoms with Crippen molar-refractivity contribution >= 4 is 29.9 Å². The monoisotopic (exact) mass is 396 g/mol. The third-order valence-corrected chi connectivity index (χ3v) is 2.94. The van der Waals surface area contributed by atoms with Crippen LogP contribution in [-0.2, 0) is 0 Å². The van der Waals surface area contributed by atoms with Crippen molar-refractivity contribution in [3.63, 3.8) is 0 Å². The highest BCUT2D eigenvalue weighted by Crippen LogP contribution is 2.14. The van der Waals surface area contributed by atoms with E-state index in [1.54, 1.807) is 0 Å². The zero-order valence-corrected chi connectivity index (χ0v) is 16.4. The van der Waals surface area contributed by atoms with E-state index < -0.39 is 0 Å². The summed E-state index contributed by atoms with van der Waals surface area (Å²) in [7, 11) is 8.14. The smallest absolute Gasteiger partial charge is 0.193 e. The van der Waals surface area contributed by atoms with Crippen LogP contribution in [-0.4, -0.2) is 63.6 Å². The van der Waals surface area contributed by atoms with Crippen molar-refractivity contribution in [1.29, 1.82) is 0 Å². The number of guanidine groups is 1. The standard InChI is InChI=1S/C15H32N4.HI/c1-8-9-10-11-19(7)14(16-4)17-12-15(2,3)13-18(5)6;/h8H,1,9-13H2,2-7H3,(H,16,17);1H. The van der Waals surface area contributed by atoms with E-state index in [0.717, 1.165) is 38.4 Å². The zero-order valence-electron chi connectivity index (χ0n) is 14.1. The molecule has 0 saturated heterocycles. The molecule has 0 saturated carbocycles. The van der Waals surface area contributed by atoms with Gasteiger partial charge in [-0.25, -0.2) is 0 Å². The molecule has 0 unspecified atom stereocenters. The Morgan fingerprint density at radius 1 is 1.30 bits per heavy atom. The molecule has 5 heteroatoms. The summed E-state index contributed by atoms with van der Waals surface area (Å²) >= 11 is 0. The lowest BCUT2D eigenvalue weighted by Gasteiger charge is -2.31. The molecule has 0 rings (SSSR count). The molecule has 0 aromatic rings. The van der Waals surface area contributed by atoms with Crippen LogP contribution in [0.3, 0.4) is 0 Å². The van der Waals surface area contributed by atoms with Gasteiger partial charge in [0, 0.05) is 33.7 Å². The van der Waals surface area contributed by atoms with E-state index in [9.17, 15) is 0 Å². The predicted molar refractivity (Wildman–Crippen MR) is 101 cm³/mol. The molecule has 0 aromatic heterocycles. The molecule has 0 spiro atoms. The van der Waals surface area contributed by atoms with E-state index >= 15 is 0 Å². The molecule has 0 aliphatic carbocycles. The lowest BCUT2D eigenvalue weighted by molar-refractivity contribution is 0.239. The van der Waals surface area contributed by atoms with Crippen LogP contribution in [0.15, 0.2) is 17.6 Å². The molecule has 0 bridgehead atoms. The topological polar surface area (TPSA) is 30.9 Å². The number of allylic oxidation sites excluding steroid dienone is 1. The van der Waals surface area contributed by atoms with Crippen LogP contribution in [0.2, 0.25) is 0 Å². The summed E-state index contributed by atoms with van der Waals surface area (Å²) in [6.45, 7) is 11.3. The highest BCUT2D eigenvalue weighted by atomic mass is 127. The summed E-state index contributed by atoms with van der Waals surface area (Å²) in [5.41, 5.74) is 0.224. The Bertz CT molecular complexity index is 288. The van der Waals surface area contributed by atoms with Crippen LogP contribution in [0.1, 0.15) is 26.7 Å². The maximum absolute atomic E-state index is 4.34. The third kappa shape index (κ3) is 10.5. The molecule has 4 nitrogen and oxygen atoms in total. The van der Waals surface area contributed by atoms with Gasteiger partial charge in [0.1, 0.15) is 0 Å². The lowest BCUT2D eigenvalue weighted by Crippen LogP contribution is -2.45. The van der Waals surface area contributed by atoms with E-state index in [0.29, 0.717) is 0 Å². The Morgan fingerprint density at radius 2 is 1.90 bits per heavy atom. The van der Waals surface area contributed by atoms with Gasteiger partial charge in [0.2, 0.25) is 0 Å². The van der Waals surface area contributed by atoms with E-state index in [1.807, 2.05) is 13.1 Å². The van der Waals surface area contributed by atoms with E-state index in [1.165, 1.54) is 0 Å². The molecule has 20 heavy (non-hydrogen) atoms. The molecule has 0 amide bonds. The first-order valence-electron chi connectivity index (χ1n) is 7.00. The second-order valence-corrected chi connectivity index (χ2v) is 6.16. The summed E-state index contributed by atoms with van der Waals surface area (Å²) < 4.78 is 0. The van der Waals surface area contributed by atoms with Gasteiger partial charge in [0.15, 0.2) is 5.96 Å². The fourth-order valence-electron chi connectivity index (χ4n) is 2.19. The maximum Gasteiger partial charge on any atom is 0.193 e. The fourth-order valence-corrected chi connectivity index (χ4v) is 2.19. The first kappa shape index (κ1) is 22.0. The van der Waals surface area contributed by atoms with Crippen molar-refractivity contribution < 1.29 is 0 Å². The summed E-state index contributed by atoms with van der Waals surface area (Å²) in [6.07, 6.45) is 4.12. The highest BCUT2D eigenvalue weighted by molar-refractivity contribution is 14.0. The molecule has 0 atom stereocenters. The second-order valence-electron chi connectivity index (χ2n) is 6.16. The fraction of sp³-hybridized carbons (Fsp3) is 0.800. The minimum absolute atomic E-state index is 0. The summed E-state index contributed by atoms with van der Waals surface area (Å²) in [5.74, 6) is 0.968. The van der Waals surface area contributed by atoms with Crippen molar-refractivity contribution in [2.45, 2.75) is 26.7 Å². The van der Waals surface area contributed by atoms with Gasteiger partial charge in [0.05, 0.1) is 0 Å². The molecular weight excluding hydrogens is 363 g/mol. The van der Waals surface area contributed by atoms with Gasteiger partial charge in [0.25, 0.3) is 0 Å². The molecule has 1 N–H and O–H groups in total. The molecule has 0 radical (unpaired) electrons. The van der Waals surface area contributed by atoms with Crippen LogP contribution in [0, 0.1) is 5.41 Å². The van der Waals surface area contributed by atoms with E-state index in [4.69, 9.17) is 0 Å². The number of nitrogens with zero attached hydrogens (tertiary/aromatic N) is 3. The maximum atomic E-state index is 4.34. The lowest BCUT2D eigenvalue weighted by atomic mass is 9.93. The van der Waals surface area contributed by atoms with Crippen molar-refractivity contribution in [3.8, 4) is 0 Å². The highest BCUT2D eigenvalue weighted by Gasteiger charge is 2.19. The Labute approximate surface area is 142 Å². The van der Waals surface area contributed by atoms with Crippen LogP contribution in [0.4, 0.5) is 0 Å². The molecule has 0 aliphatic heterocycles. The number of hydrogen-bond acceptors (Lipinski definition) is 2. The number of halogens is 1. The number of aliphatic imine (C=N–C) groups is 1. The van der Waals surface area contributed by atoms with Crippen molar-refractivity contribution in [1.82, 2.24) is 15.1 Å². The third-order valence-electron chi connectivity index (χ3n) is 2.94. The van der Waals surface area contributed by atoms with Crippen molar-refractivity contribution in [3.05, 3.63) is 12.7 Å². The predicted octanol–water partition coefficient (Wildman–Crippen LogP) is 2.67. The van der Waals surface area contributed by atoms with Crippen molar-refractivity contribution in [2.75, 3.05) is 47.8 Å².